The summed E-state index contributed by atoms with van der Waals surface area (Å²) in [6.45, 7) is 0. The third-order valence-electron chi connectivity index (χ3n) is 0.605. The highest BCUT2D eigenvalue weighted by Crippen LogP contribution is 2.02. The predicted octanol–water partition coefficient (Wildman–Crippen LogP) is -0.215. The fraction of sp³-hybridized carbons (Fsp3) is 0. The number of nitrogens with zero attached hydrogens (tertiary/aromatic N) is 2. The van der Waals surface area contributed by atoms with E-state index in [-0.39, 0.29) is 0 Å². The first kappa shape index (κ1) is 6.59. The lowest BCUT2D eigenvalue weighted by molar-refractivity contribution is 0.480. The highest BCUT2D eigenvalue weighted by molar-refractivity contribution is 7.85. The number of aromatic nitrogens is 2. The van der Waals surface area contributed by atoms with E-state index in [2.05, 4.69) is 8.75 Å². The number of rotatable bonds is 1. The van der Waals surface area contributed by atoms with Crippen LogP contribution in [0, 0.1) is 0 Å². The maximum absolute atomic E-state index is 10.2. The van der Waals surface area contributed by atoms with Crippen LogP contribution in [-0.2, 0) is 10.1 Å². The van der Waals surface area contributed by atoms with Crippen molar-refractivity contribution in [2.45, 2.75) is 5.03 Å². The summed E-state index contributed by atoms with van der Waals surface area (Å²) >= 11 is 0.727. The molecule has 0 atom stereocenters. The Morgan fingerprint density at radius 3 is 2.56 bits per heavy atom. The second-order valence-electron chi connectivity index (χ2n) is 1.22. The van der Waals surface area contributed by atoms with Crippen molar-refractivity contribution in [1.82, 2.24) is 8.75 Å². The Labute approximate surface area is 55.4 Å². The SMILES string of the molecule is O=S(=O)(O)c1cnsn1. The van der Waals surface area contributed by atoms with Crippen molar-refractivity contribution in [3.05, 3.63) is 6.20 Å². The summed E-state index contributed by atoms with van der Waals surface area (Å²) in [6, 6.07) is 0. The van der Waals surface area contributed by atoms with Crippen LogP contribution in [0.3, 0.4) is 0 Å². The molecule has 0 aliphatic rings. The summed E-state index contributed by atoms with van der Waals surface area (Å²) in [7, 11) is -4.12. The minimum Gasteiger partial charge on any atom is -0.281 e. The van der Waals surface area contributed by atoms with Crippen LogP contribution in [0.2, 0.25) is 0 Å². The Kier molecular flexibility index (Phi) is 1.47. The van der Waals surface area contributed by atoms with Crippen molar-refractivity contribution < 1.29 is 13.0 Å². The van der Waals surface area contributed by atoms with Crippen LogP contribution in [0.1, 0.15) is 0 Å². The van der Waals surface area contributed by atoms with E-state index in [1.807, 2.05) is 0 Å². The van der Waals surface area contributed by atoms with E-state index in [4.69, 9.17) is 4.55 Å². The first-order valence-corrected chi connectivity index (χ1v) is 4.03. The molecule has 0 unspecified atom stereocenters. The van der Waals surface area contributed by atoms with Crippen LogP contribution in [-0.4, -0.2) is 21.7 Å². The quantitative estimate of drug-likeness (QED) is 0.583. The van der Waals surface area contributed by atoms with E-state index in [0.29, 0.717) is 0 Å². The van der Waals surface area contributed by atoms with Crippen LogP contribution in [0.25, 0.3) is 0 Å². The second kappa shape index (κ2) is 2.01. The molecule has 7 heteroatoms. The molecular weight excluding hydrogens is 164 g/mol. The highest BCUT2D eigenvalue weighted by Gasteiger charge is 2.11. The minimum absolute atomic E-state index is 0.396. The van der Waals surface area contributed by atoms with E-state index in [0.717, 1.165) is 17.9 Å². The molecule has 50 valence electrons. The Morgan fingerprint density at radius 1 is 1.67 bits per heavy atom. The van der Waals surface area contributed by atoms with Gasteiger partial charge in [0, 0.05) is 0 Å². The predicted molar refractivity (Wildman–Crippen MR) is 29.7 cm³/mol. The molecule has 1 N–H and O–H groups in total. The number of hydrogen-bond acceptors (Lipinski definition) is 5. The molecule has 0 saturated heterocycles. The normalized spacial score (nSPS) is 11.7. The fourth-order valence-corrected chi connectivity index (χ4v) is 1.32. The molecule has 5 nitrogen and oxygen atoms in total. The van der Waals surface area contributed by atoms with E-state index in [1.54, 1.807) is 0 Å². The number of hydrogen-bond donors (Lipinski definition) is 1. The summed E-state index contributed by atoms with van der Waals surface area (Å²) in [6.07, 6.45) is 0.986. The van der Waals surface area contributed by atoms with Crippen molar-refractivity contribution >= 4 is 21.8 Å². The summed E-state index contributed by atoms with van der Waals surface area (Å²) in [5.74, 6) is 0. The van der Waals surface area contributed by atoms with Gasteiger partial charge in [0.05, 0.1) is 17.9 Å². The van der Waals surface area contributed by atoms with Gasteiger partial charge in [0.1, 0.15) is 0 Å². The molecule has 0 bridgehead atoms. The van der Waals surface area contributed by atoms with Gasteiger partial charge in [0.15, 0.2) is 0 Å². The maximum atomic E-state index is 10.2. The topological polar surface area (TPSA) is 80.2 Å². The summed E-state index contributed by atoms with van der Waals surface area (Å²) in [4.78, 5) is 0. The van der Waals surface area contributed by atoms with Gasteiger partial charge in [-0.25, -0.2) is 0 Å². The van der Waals surface area contributed by atoms with Crippen LogP contribution in [0.5, 0.6) is 0 Å². The molecule has 0 aliphatic carbocycles. The molecule has 1 rings (SSSR count). The van der Waals surface area contributed by atoms with Gasteiger partial charge in [0.25, 0.3) is 0 Å². The molecule has 0 spiro atoms. The molecule has 0 saturated carbocycles. The summed E-state index contributed by atoms with van der Waals surface area (Å²) in [5.41, 5.74) is 0. The van der Waals surface area contributed by atoms with Crippen molar-refractivity contribution in [2.75, 3.05) is 0 Å². The average Bonchev–Trinajstić information content (AvgIpc) is 2.08. The van der Waals surface area contributed by atoms with E-state index < -0.39 is 15.1 Å². The lowest BCUT2D eigenvalue weighted by Gasteiger charge is -1.82. The first-order valence-electron chi connectivity index (χ1n) is 1.86. The van der Waals surface area contributed by atoms with Gasteiger partial charge in [-0.05, 0) is 0 Å². The zero-order valence-electron chi connectivity index (χ0n) is 4.05. The van der Waals surface area contributed by atoms with Crippen LogP contribution >= 0.6 is 11.7 Å². The summed E-state index contributed by atoms with van der Waals surface area (Å²) in [5, 5.41) is -0.396. The lowest BCUT2D eigenvalue weighted by Crippen LogP contribution is -1.96. The van der Waals surface area contributed by atoms with Crippen molar-refractivity contribution in [3.63, 3.8) is 0 Å². The molecule has 0 amide bonds. The van der Waals surface area contributed by atoms with Crippen LogP contribution < -0.4 is 0 Å². The molecule has 0 aromatic carbocycles. The first-order chi connectivity index (χ1) is 4.11. The second-order valence-corrected chi connectivity index (χ2v) is 3.15. The zero-order valence-corrected chi connectivity index (χ0v) is 5.68. The van der Waals surface area contributed by atoms with Crippen LogP contribution in [0.4, 0.5) is 0 Å². The minimum atomic E-state index is -4.12. The highest BCUT2D eigenvalue weighted by atomic mass is 32.2. The third kappa shape index (κ3) is 1.44. The standard InChI is InChI=1S/C2H2N2O3S2/c5-9(6,7)2-1-3-8-4-2/h1H,(H,5,6,7). The van der Waals surface area contributed by atoms with Gasteiger partial charge in [0.2, 0.25) is 5.03 Å². The van der Waals surface area contributed by atoms with Crippen LogP contribution in [0.15, 0.2) is 11.2 Å². The molecule has 0 aliphatic heterocycles. The van der Waals surface area contributed by atoms with Crippen molar-refractivity contribution in [1.29, 1.82) is 0 Å². The Balaban J connectivity index is 3.20. The smallest absolute Gasteiger partial charge is 0.281 e. The van der Waals surface area contributed by atoms with Gasteiger partial charge in [-0.15, -0.1) is 0 Å². The monoisotopic (exact) mass is 166 g/mol. The van der Waals surface area contributed by atoms with Crippen molar-refractivity contribution in [3.8, 4) is 0 Å². The molecule has 1 heterocycles. The largest absolute Gasteiger partial charge is 0.314 e. The lowest BCUT2D eigenvalue weighted by atomic mass is 11.0. The molecule has 9 heavy (non-hydrogen) atoms. The average molecular weight is 166 g/mol. The molecule has 0 radical (unpaired) electrons. The van der Waals surface area contributed by atoms with E-state index in [9.17, 15) is 8.42 Å². The third-order valence-corrected chi connectivity index (χ3v) is 1.92. The van der Waals surface area contributed by atoms with Gasteiger partial charge in [-0.3, -0.25) is 4.55 Å². The molecular formula is C2H2N2O3S2. The Hall–Kier alpha value is -0.530. The van der Waals surface area contributed by atoms with Gasteiger partial charge in [-0.2, -0.15) is 17.2 Å². The van der Waals surface area contributed by atoms with Gasteiger partial charge >= 0.3 is 10.1 Å². The van der Waals surface area contributed by atoms with E-state index in [1.165, 1.54) is 0 Å². The molecule has 1 aromatic rings. The summed E-state index contributed by atoms with van der Waals surface area (Å²) < 4.78 is 35.2. The maximum Gasteiger partial charge on any atom is 0.314 e. The fourth-order valence-electron chi connectivity index (χ4n) is 0.270. The Morgan fingerprint density at radius 2 is 2.33 bits per heavy atom. The zero-order chi connectivity index (χ0) is 6.91. The molecule has 0 fully saturated rings. The van der Waals surface area contributed by atoms with Gasteiger partial charge in [-0.1, -0.05) is 0 Å². The Bertz CT molecular complexity index is 275. The molecule has 1 aromatic heterocycles. The van der Waals surface area contributed by atoms with Gasteiger partial charge < -0.3 is 0 Å². The van der Waals surface area contributed by atoms with E-state index >= 15 is 0 Å². The van der Waals surface area contributed by atoms with Crippen molar-refractivity contribution in [2.24, 2.45) is 0 Å².